The number of hydrogen-bond acceptors (Lipinski definition) is 2. The Morgan fingerprint density at radius 1 is 1.67 bits per heavy atom. The first-order valence-electron chi connectivity index (χ1n) is 2.29. The van der Waals surface area contributed by atoms with Crippen molar-refractivity contribution in [1.29, 1.82) is 0 Å². The number of hydrogen-bond donors (Lipinski definition) is 1. The summed E-state index contributed by atoms with van der Waals surface area (Å²) in [6, 6.07) is 0.715. The average molecular weight is 374 g/mol. The molecule has 0 fully saturated rings. The summed E-state index contributed by atoms with van der Waals surface area (Å²) in [6.07, 6.45) is 4.46. The van der Waals surface area contributed by atoms with Crippen molar-refractivity contribution in [2.75, 3.05) is 0 Å². The van der Waals surface area contributed by atoms with E-state index in [1.165, 1.54) is 12.5 Å². The summed E-state index contributed by atoms with van der Waals surface area (Å²) in [5, 5.41) is 0. The minimum absolute atomic E-state index is 0. The Bertz CT molecular complexity index is 91.1. The van der Waals surface area contributed by atoms with Crippen LogP contribution in [0.5, 0.6) is 0 Å². The number of ether oxygens (including phenoxy) is 1. The van der Waals surface area contributed by atoms with E-state index in [0.29, 0.717) is 6.04 Å². The zero-order chi connectivity index (χ0) is 6.41. The molecule has 2 nitrogen and oxygen atoms in total. The van der Waals surface area contributed by atoms with E-state index < -0.39 is 0 Å². The second kappa shape index (κ2) is 6.11. The van der Waals surface area contributed by atoms with Crippen LogP contribution in [0.3, 0.4) is 0 Å². The minimum atomic E-state index is 0. The van der Waals surface area contributed by atoms with Gasteiger partial charge in [-0.1, -0.05) is 19.8 Å². The predicted molar refractivity (Wildman–Crippen MR) is 33.5 cm³/mol. The Morgan fingerprint density at radius 3 is 2.56 bits per heavy atom. The molecule has 0 bridgehead atoms. The van der Waals surface area contributed by atoms with Crippen LogP contribution in [-0.2, 0) is 4.74 Å². The van der Waals surface area contributed by atoms with Crippen LogP contribution in [0, 0.1) is 6.04 Å². The summed E-state index contributed by atoms with van der Waals surface area (Å²) in [5.41, 5.74) is 5.25. The van der Waals surface area contributed by atoms with E-state index in [1.807, 2.05) is 0 Å². The fourth-order valence-electron chi connectivity index (χ4n) is 0.202. The fraction of sp³-hybridized carbons (Fsp3) is 0.167. The Kier molecular flexibility index (Phi) is 6.90. The van der Waals surface area contributed by atoms with Gasteiger partial charge >= 0.3 is 0 Å². The molecule has 0 spiro atoms. The molecule has 0 unspecified atom stereocenters. The van der Waals surface area contributed by atoms with E-state index in [-0.39, 0.29) is 0 Å². The number of nitrogens with two attached hydrogens (primary N) is 1. The molecule has 0 rings (SSSR count). The molecule has 0 heterocycles. The SMILES string of the molecule is C=CO/C=C\[C-](C)N.[Lr]. The summed E-state index contributed by atoms with van der Waals surface area (Å²) in [7, 11) is 0. The maximum Gasteiger partial charge on any atom is 0.0582 e. The number of rotatable bonds is 3. The third-order valence-electron chi connectivity index (χ3n) is 0.506. The van der Waals surface area contributed by atoms with Gasteiger partial charge in [0.1, 0.15) is 0 Å². The molecule has 0 saturated heterocycles. The first-order valence-corrected chi connectivity index (χ1v) is 2.29. The van der Waals surface area contributed by atoms with Gasteiger partial charge in [-0.3, -0.25) is 0 Å². The first-order chi connectivity index (χ1) is 3.77. The summed E-state index contributed by atoms with van der Waals surface area (Å²) in [4.78, 5) is 0. The third-order valence-corrected chi connectivity index (χ3v) is 0.506. The molecule has 0 aliphatic rings. The molecular weight excluding hydrogens is 364 g/mol. The fourth-order valence-corrected chi connectivity index (χ4v) is 0.202. The predicted octanol–water partition coefficient (Wildman–Crippen LogP) is 1.17. The van der Waals surface area contributed by atoms with Crippen molar-refractivity contribution in [3.63, 3.8) is 0 Å². The molecule has 0 aromatic carbocycles. The van der Waals surface area contributed by atoms with Crippen molar-refractivity contribution in [1.82, 2.24) is 0 Å². The van der Waals surface area contributed by atoms with Gasteiger partial charge < -0.3 is 10.5 Å². The Hall–Kier alpha value is -1.89. The van der Waals surface area contributed by atoms with Crippen molar-refractivity contribution < 1.29 is 4.74 Å². The van der Waals surface area contributed by atoms with E-state index in [4.69, 9.17) is 5.73 Å². The molecule has 0 aliphatic heterocycles. The van der Waals surface area contributed by atoms with Crippen LogP contribution >= 0.6 is 0 Å². The van der Waals surface area contributed by atoms with E-state index >= 15 is 0 Å². The van der Waals surface area contributed by atoms with E-state index in [9.17, 15) is 0 Å². The van der Waals surface area contributed by atoms with Crippen LogP contribution in [0.2, 0.25) is 0 Å². The Morgan fingerprint density at radius 2 is 2.22 bits per heavy atom. The zero-order valence-electron chi connectivity index (χ0n) is 5.18. The molecule has 9 heavy (non-hydrogen) atoms. The van der Waals surface area contributed by atoms with Crippen LogP contribution in [0.15, 0.2) is 25.2 Å². The van der Waals surface area contributed by atoms with Crippen molar-refractivity contribution in [3.05, 3.63) is 31.2 Å². The van der Waals surface area contributed by atoms with Crippen molar-refractivity contribution in [2.24, 2.45) is 5.73 Å². The van der Waals surface area contributed by atoms with Crippen LogP contribution in [0.4, 0.5) is 0 Å². The summed E-state index contributed by atoms with van der Waals surface area (Å²) in [6.45, 7) is 5.11. The Labute approximate surface area is 49.6 Å². The molecule has 2 N–H and O–H groups in total. The second-order valence-corrected chi connectivity index (χ2v) is 1.35. The molecular formula is C6H10LrNO-. The van der Waals surface area contributed by atoms with Gasteiger partial charge in [-0.25, -0.2) is 0 Å². The van der Waals surface area contributed by atoms with E-state index in [1.54, 1.807) is 13.0 Å². The topological polar surface area (TPSA) is 35.2 Å². The minimum Gasteiger partial charge on any atom is -0.559 e. The molecule has 0 aromatic heterocycles. The largest absolute Gasteiger partial charge is 0.559 e. The monoisotopic (exact) mass is 374 g/mol. The molecule has 61 valence electrons. The van der Waals surface area contributed by atoms with Crippen LogP contribution < -0.4 is 5.73 Å². The van der Waals surface area contributed by atoms with Gasteiger partial charge in [0, 0.05) is 0 Å². The second-order valence-electron chi connectivity index (χ2n) is 1.35. The van der Waals surface area contributed by atoms with Crippen LogP contribution in [0.25, 0.3) is 0 Å². The summed E-state index contributed by atoms with van der Waals surface area (Å²) < 4.78 is 4.63. The van der Waals surface area contributed by atoms with Gasteiger partial charge in [0.2, 0.25) is 0 Å². The van der Waals surface area contributed by atoms with Crippen molar-refractivity contribution in [2.45, 2.75) is 6.92 Å². The van der Waals surface area contributed by atoms with Crippen molar-refractivity contribution in [3.8, 4) is 0 Å². The van der Waals surface area contributed by atoms with E-state index in [2.05, 4.69) is 11.3 Å². The van der Waals surface area contributed by atoms with Gasteiger partial charge in [0.05, 0.1) is 6.26 Å². The van der Waals surface area contributed by atoms with E-state index in [0.717, 1.165) is 0 Å². The smallest absolute Gasteiger partial charge is 0.0582 e. The molecule has 3 heteroatoms. The van der Waals surface area contributed by atoms with Gasteiger partial charge in [-0.05, 0) is 0 Å². The molecule has 0 saturated carbocycles. The summed E-state index contributed by atoms with van der Waals surface area (Å²) >= 11 is 0. The van der Waals surface area contributed by atoms with Gasteiger partial charge in [-0.2, -0.15) is 12.1 Å². The van der Waals surface area contributed by atoms with Crippen LogP contribution in [-0.4, -0.2) is 0 Å². The quantitative estimate of drug-likeness (QED) is 0.595. The molecule has 0 aromatic rings. The standard InChI is InChI=1S/C6H10NO.Lr/c1-3-8-5-4-6(2)7;/h3-5H,1,7H2,2H3;/q-1;/b5-4-;. The van der Waals surface area contributed by atoms with Crippen LogP contribution in [0.1, 0.15) is 6.92 Å². The Balaban J connectivity index is 0. The van der Waals surface area contributed by atoms with Gasteiger partial charge in [0.15, 0.2) is 0 Å². The molecule has 1 radical (unpaired) electrons. The summed E-state index contributed by atoms with van der Waals surface area (Å²) in [5.74, 6) is 0. The zero-order valence-corrected chi connectivity index (χ0v) is 7.33. The first kappa shape index (κ1) is 10.2. The maximum atomic E-state index is 5.25. The van der Waals surface area contributed by atoms with Crippen molar-refractivity contribution >= 4 is 0 Å². The maximum absolute atomic E-state index is 5.25. The molecule has 0 aliphatic carbocycles. The molecule has 0 amide bonds. The third kappa shape index (κ3) is 10.7. The normalized spacial score (nSPS) is 8.22. The van der Waals surface area contributed by atoms with Gasteiger partial charge in [-0.15, -0.1) is 0 Å². The average Bonchev–Trinajstić information content (AvgIpc) is 1.66. The van der Waals surface area contributed by atoms with Gasteiger partial charge in [0.25, 0.3) is 0 Å². The molecule has 0 atom stereocenters.